The fourth-order valence-electron chi connectivity index (χ4n) is 1.47. The van der Waals surface area contributed by atoms with E-state index in [2.05, 4.69) is 22.5 Å². The number of amides is 1. The molecule has 126 valence electrons. The molecule has 1 rings (SSSR count). The van der Waals surface area contributed by atoms with E-state index in [-0.39, 0.29) is 22.3 Å². The van der Waals surface area contributed by atoms with Crippen molar-refractivity contribution in [3.63, 3.8) is 0 Å². The molecule has 1 aromatic rings. The molecule has 9 heteroatoms. The second kappa shape index (κ2) is 7.59. The number of halogens is 5. The maximum absolute atomic E-state index is 12.8. The number of benzene rings is 1. The standard InChI is InChI=1S/C14H13Cl2F3N2OS/c1-13(2,14(17,18)19)12(22)21-7-8-3-4-9(15)11(10(8)16)20-5-6-23/h3-6H,7H2,1-2H3,(H,21,22). The summed E-state index contributed by atoms with van der Waals surface area (Å²) in [5.74, 6) is -1.15. The second-order valence-electron chi connectivity index (χ2n) is 5.09. The summed E-state index contributed by atoms with van der Waals surface area (Å²) in [6.07, 6.45) is -3.35. The van der Waals surface area contributed by atoms with Crippen LogP contribution in [0.25, 0.3) is 0 Å². The molecule has 0 radical (unpaired) electrons. The van der Waals surface area contributed by atoms with Gasteiger partial charge in [-0.1, -0.05) is 41.5 Å². The van der Waals surface area contributed by atoms with E-state index in [1.165, 1.54) is 23.7 Å². The van der Waals surface area contributed by atoms with Crippen molar-refractivity contribution in [2.75, 3.05) is 0 Å². The summed E-state index contributed by atoms with van der Waals surface area (Å²) in [4.78, 5) is 15.7. The van der Waals surface area contributed by atoms with Gasteiger partial charge in [-0.25, -0.2) is 0 Å². The summed E-state index contributed by atoms with van der Waals surface area (Å²) in [5, 5.41) is 3.87. The first-order valence-corrected chi connectivity index (χ1v) is 7.55. The van der Waals surface area contributed by atoms with Crippen LogP contribution in [0.3, 0.4) is 0 Å². The summed E-state index contributed by atoms with van der Waals surface area (Å²) in [7, 11) is 0. The summed E-state index contributed by atoms with van der Waals surface area (Å²) in [5.41, 5.74) is -1.89. The molecular formula is C14H13Cl2F3N2OS. The number of nitrogens with one attached hydrogen (secondary N) is 1. The molecule has 3 nitrogen and oxygen atoms in total. The van der Waals surface area contributed by atoms with Gasteiger partial charge in [0.2, 0.25) is 5.91 Å². The molecule has 0 aromatic heterocycles. The first kappa shape index (κ1) is 19.9. The minimum absolute atomic E-state index is 0.135. The number of aliphatic imine (C=N–C) groups is 1. The van der Waals surface area contributed by atoms with Crippen LogP contribution in [0.4, 0.5) is 18.9 Å². The van der Waals surface area contributed by atoms with Gasteiger partial charge < -0.3 is 5.32 Å². The van der Waals surface area contributed by atoms with Gasteiger partial charge in [0.05, 0.1) is 10.0 Å². The lowest BCUT2D eigenvalue weighted by Crippen LogP contribution is -2.46. The first-order chi connectivity index (χ1) is 10.5. The Morgan fingerprint density at radius 3 is 2.48 bits per heavy atom. The van der Waals surface area contributed by atoms with Crippen LogP contribution >= 0.6 is 35.4 Å². The average molecular weight is 385 g/mol. The van der Waals surface area contributed by atoms with Crippen molar-refractivity contribution >= 4 is 58.6 Å². The summed E-state index contributed by atoms with van der Waals surface area (Å²) < 4.78 is 38.4. The van der Waals surface area contributed by atoms with E-state index in [1.807, 2.05) is 0 Å². The quantitative estimate of drug-likeness (QED) is 0.579. The Morgan fingerprint density at radius 2 is 1.96 bits per heavy atom. The lowest BCUT2D eigenvalue weighted by molar-refractivity contribution is -0.211. The molecule has 0 bridgehead atoms. The predicted octanol–water partition coefficient (Wildman–Crippen LogP) is 4.90. The summed E-state index contributed by atoms with van der Waals surface area (Å²) in [6.45, 7) is 1.43. The van der Waals surface area contributed by atoms with E-state index in [0.29, 0.717) is 5.56 Å². The molecule has 0 saturated heterocycles. The molecule has 0 fully saturated rings. The Morgan fingerprint density at radius 1 is 1.35 bits per heavy atom. The molecule has 0 aliphatic rings. The molecule has 0 unspecified atom stereocenters. The fraction of sp³-hybridized carbons (Fsp3) is 0.357. The third kappa shape index (κ3) is 4.65. The largest absolute Gasteiger partial charge is 0.402 e. The first-order valence-electron chi connectivity index (χ1n) is 6.32. The number of carbonyl (C=O) groups excluding carboxylic acids is 1. The lowest BCUT2D eigenvalue weighted by Gasteiger charge is -2.26. The summed E-state index contributed by atoms with van der Waals surface area (Å²) >= 11 is 16.7. The maximum atomic E-state index is 12.8. The van der Waals surface area contributed by atoms with Crippen LogP contribution in [0.1, 0.15) is 19.4 Å². The van der Waals surface area contributed by atoms with Crippen molar-refractivity contribution < 1.29 is 18.0 Å². The highest BCUT2D eigenvalue weighted by Gasteiger charge is 2.52. The van der Waals surface area contributed by atoms with E-state index in [0.717, 1.165) is 13.8 Å². The Labute approximate surface area is 146 Å². The zero-order valence-electron chi connectivity index (χ0n) is 12.2. The number of alkyl halides is 3. The topological polar surface area (TPSA) is 41.5 Å². The van der Waals surface area contributed by atoms with Crippen molar-refractivity contribution in [2.45, 2.75) is 26.6 Å². The molecule has 0 aliphatic heterocycles. The lowest BCUT2D eigenvalue weighted by atomic mass is 9.91. The molecule has 1 amide bonds. The molecule has 1 aromatic carbocycles. The number of nitrogens with zero attached hydrogens (tertiary/aromatic N) is 1. The highest BCUT2D eigenvalue weighted by Crippen LogP contribution is 2.38. The van der Waals surface area contributed by atoms with E-state index < -0.39 is 17.5 Å². The Kier molecular flexibility index (Phi) is 6.56. The molecule has 1 N–H and O–H groups in total. The van der Waals surface area contributed by atoms with Crippen molar-refractivity contribution in [1.82, 2.24) is 5.32 Å². The van der Waals surface area contributed by atoms with Gasteiger partial charge in [0, 0.05) is 18.1 Å². The maximum Gasteiger partial charge on any atom is 0.402 e. The number of rotatable bonds is 5. The number of hydrogen-bond donors (Lipinski definition) is 1. The highest BCUT2D eigenvalue weighted by molar-refractivity contribution is 7.80. The summed E-state index contributed by atoms with van der Waals surface area (Å²) in [6, 6.07) is 2.99. The van der Waals surface area contributed by atoms with Crippen LogP contribution in [-0.2, 0) is 11.3 Å². The van der Waals surface area contributed by atoms with Gasteiger partial charge >= 0.3 is 6.18 Å². The van der Waals surface area contributed by atoms with Gasteiger partial charge in [-0.3, -0.25) is 9.79 Å². The van der Waals surface area contributed by atoms with E-state index in [4.69, 9.17) is 23.2 Å². The second-order valence-corrected chi connectivity index (χ2v) is 6.15. The van der Waals surface area contributed by atoms with Gasteiger partial charge in [0.15, 0.2) is 0 Å². The SMILES string of the molecule is CC(C)(C(=O)NCc1ccc(Cl)c(N=CC=S)c1Cl)C(F)(F)F. The number of carbonyl (C=O) groups is 1. The van der Waals surface area contributed by atoms with Gasteiger partial charge in [-0.05, 0) is 25.5 Å². The van der Waals surface area contributed by atoms with E-state index in [1.54, 1.807) is 0 Å². The molecule has 0 saturated carbocycles. The minimum atomic E-state index is -4.66. The van der Waals surface area contributed by atoms with Gasteiger partial charge in [0.25, 0.3) is 0 Å². The number of hydrogen-bond acceptors (Lipinski definition) is 3. The van der Waals surface area contributed by atoms with Gasteiger partial charge in [0.1, 0.15) is 11.1 Å². The van der Waals surface area contributed by atoms with Gasteiger partial charge in [-0.2, -0.15) is 13.2 Å². The van der Waals surface area contributed by atoms with Gasteiger partial charge in [-0.15, -0.1) is 0 Å². The third-order valence-corrected chi connectivity index (χ3v) is 3.98. The van der Waals surface area contributed by atoms with Crippen LogP contribution in [-0.4, -0.2) is 23.7 Å². The molecule has 0 atom stereocenters. The Bertz CT molecular complexity index is 646. The minimum Gasteiger partial charge on any atom is -0.351 e. The van der Waals surface area contributed by atoms with Crippen molar-refractivity contribution in [3.8, 4) is 0 Å². The normalized spacial score (nSPS) is 12.5. The number of thiocarbonyl (C=S) groups is 1. The van der Waals surface area contributed by atoms with Crippen molar-refractivity contribution in [3.05, 3.63) is 27.7 Å². The highest BCUT2D eigenvalue weighted by atomic mass is 35.5. The molecule has 0 spiro atoms. The molecule has 23 heavy (non-hydrogen) atoms. The Hall–Kier alpha value is -1.18. The molecule has 0 aliphatic carbocycles. The molecule has 0 heterocycles. The third-order valence-electron chi connectivity index (χ3n) is 3.13. The van der Waals surface area contributed by atoms with Crippen LogP contribution in [0.5, 0.6) is 0 Å². The van der Waals surface area contributed by atoms with Crippen molar-refractivity contribution in [1.29, 1.82) is 0 Å². The zero-order valence-corrected chi connectivity index (χ0v) is 14.5. The van der Waals surface area contributed by atoms with E-state index >= 15 is 0 Å². The molecular weight excluding hydrogens is 372 g/mol. The smallest absolute Gasteiger partial charge is 0.351 e. The van der Waals surface area contributed by atoms with E-state index in [9.17, 15) is 18.0 Å². The average Bonchev–Trinajstić information content (AvgIpc) is 2.44. The van der Waals surface area contributed by atoms with Crippen LogP contribution in [0.15, 0.2) is 17.1 Å². The van der Waals surface area contributed by atoms with Crippen LogP contribution in [0.2, 0.25) is 10.0 Å². The Balaban J connectivity index is 2.97. The fourth-order valence-corrected chi connectivity index (χ4v) is 2.06. The zero-order chi connectivity index (χ0) is 17.8. The van der Waals surface area contributed by atoms with Crippen molar-refractivity contribution in [2.24, 2.45) is 10.4 Å². The van der Waals surface area contributed by atoms with Crippen LogP contribution in [0, 0.1) is 5.41 Å². The predicted molar refractivity (Wildman–Crippen MR) is 90.0 cm³/mol. The van der Waals surface area contributed by atoms with Crippen LogP contribution < -0.4 is 5.32 Å². The monoisotopic (exact) mass is 384 g/mol.